The zero-order valence-corrected chi connectivity index (χ0v) is 14.7. The summed E-state index contributed by atoms with van der Waals surface area (Å²) >= 11 is 0. The maximum atomic E-state index is 12.2. The minimum Gasteiger partial charge on any atom is -0.497 e. The van der Waals surface area contributed by atoms with E-state index in [0.717, 1.165) is 5.56 Å². The maximum absolute atomic E-state index is 12.2. The molecule has 1 aromatic rings. The highest BCUT2D eigenvalue weighted by molar-refractivity contribution is 5.98. The lowest BCUT2D eigenvalue weighted by Crippen LogP contribution is -2.52. The molecule has 2 rings (SSSR count). The van der Waals surface area contributed by atoms with Gasteiger partial charge in [0.1, 0.15) is 23.6 Å². The number of aliphatic carboxylic acids is 1. The van der Waals surface area contributed by atoms with Gasteiger partial charge in [0, 0.05) is 19.3 Å². The summed E-state index contributed by atoms with van der Waals surface area (Å²) in [6, 6.07) is 4.84. The highest BCUT2D eigenvalue weighted by atomic mass is 16.5. The fourth-order valence-electron chi connectivity index (χ4n) is 2.57. The van der Waals surface area contributed by atoms with Gasteiger partial charge in [-0.15, -0.1) is 0 Å². The van der Waals surface area contributed by atoms with Crippen LogP contribution in [0.4, 0.5) is 0 Å². The molecule has 2 amide bonds. The molecule has 3 N–H and O–H groups in total. The molecule has 1 aliphatic rings. The monoisotopic (exact) mass is 362 g/mol. The summed E-state index contributed by atoms with van der Waals surface area (Å²) in [6.45, 7) is 1.47. The molecule has 0 aromatic heterocycles. The molecule has 8 heteroatoms. The number of methoxy groups -OCH3 is 1. The molecular weight excluding hydrogens is 340 g/mol. The molecule has 1 aliphatic carbocycles. The lowest BCUT2D eigenvalue weighted by molar-refractivity contribution is -0.142. The molecule has 0 radical (unpaired) electrons. The number of hydrogen-bond acceptors (Lipinski definition) is 5. The van der Waals surface area contributed by atoms with E-state index in [1.54, 1.807) is 24.3 Å². The molecule has 0 spiro atoms. The van der Waals surface area contributed by atoms with Crippen molar-refractivity contribution in [1.29, 1.82) is 0 Å². The normalized spacial score (nSPS) is 16.2. The molecular formula is C18H22N2O6. The van der Waals surface area contributed by atoms with Crippen LogP contribution in [0.2, 0.25) is 0 Å². The molecule has 2 unspecified atom stereocenters. The number of Topliss-reactive ketones (excluding diaryl/α,β-unsaturated/α-hetero) is 1. The lowest BCUT2D eigenvalue weighted by atomic mass is 9.83. The molecule has 1 aromatic carbocycles. The minimum absolute atomic E-state index is 0.0210. The summed E-state index contributed by atoms with van der Waals surface area (Å²) in [4.78, 5) is 46.5. The number of ether oxygens (including phenoxy) is 1. The van der Waals surface area contributed by atoms with Crippen LogP contribution in [0.15, 0.2) is 24.3 Å². The van der Waals surface area contributed by atoms with Crippen LogP contribution < -0.4 is 15.4 Å². The molecule has 26 heavy (non-hydrogen) atoms. The molecule has 8 nitrogen and oxygen atoms in total. The number of rotatable bonds is 8. The number of amides is 2. The van der Waals surface area contributed by atoms with Gasteiger partial charge in [0.15, 0.2) is 0 Å². The third kappa shape index (κ3) is 5.05. The molecule has 2 atom stereocenters. The van der Waals surface area contributed by atoms with Gasteiger partial charge in [-0.1, -0.05) is 12.1 Å². The quantitative estimate of drug-likeness (QED) is 0.611. The van der Waals surface area contributed by atoms with Crippen molar-refractivity contribution in [1.82, 2.24) is 10.6 Å². The van der Waals surface area contributed by atoms with Gasteiger partial charge in [0.2, 0.25) is 11.8 Å². The van der Waals surface area contributed by atoms with Gasteiger partial charge in [-0.05, 0) is 24.6 Å². The van der Waals surface area contributed by atoms with E-state index in [1.807, 2.05) is 0 Å². The Kier molecular flexibility index (Phi) is 6.32. The molecule has 140 valence electrons. The Hall–Kier alpha value is -2.90. The van der Waals surface area contributed by atoms with Gasteiger partial charge < -0.3 is 20.5 Å². The fraction of sp³-hybridized carbons (Fsp3) is 0.444. The van der Waals surface area contributed by atoms with Crippen molar-refractivity contribution in [2.75, 3.05) is 7.11 Å². The number of hydrogen-bond donors (Lipinski definition) is 3. The zero-order valence-electron chi connectivity index (χ0n) is 14.7. The predicted molar refractivity (Wildman–Crippen MR) is 91.6 cm³/mol. The Morgan fingerprint density at radius 2 is 1.81 bits per heavy atom. The first-order valence-electron chi connectivity index (χ1n) is 8.28. The van der Waals surface area contributed by atoms with E-state index in [-0.39, 0.29) is 31.0 Å². The summed E-state index contributed by atoms with van der Waals surface area (Å²) in [5.74, 6) is -1.85. The summed E-state index contributed by atoms with van der Waals surface area (Å²) in [5, 5.41) is 14.3. The molecule has 0 heterocycles. The average Bonchev–Trinajstić information content (AvgIpc) is 2.58. The molecule has 0 bridgehead atoms. The third-order valence-electron chi connectivity index (χ3n) is 4.28. The minimum atomic E-state index is -1.17. The van der Waals surface area contributed by atoms with Gasteiger partial charge in [0.05, 0.1) is 13.0 Å². The van der Waals surface area contributed by atoms with Crippen LogP contribution in [-0.2, 0) is 25.6 Å². The SMILES string of the molecule is COc1ccc(CC(NC(=O)C(C)NC(=O)C2CC(=O)C2)C(=O)O)cc1. The maximum Gasteiger partial charge on any atom is 0.326 e. The van der Waals surface area contributed by atoms with E-state index >= 15 is 0 Å². The van der Waals surface area contributed by atoms with Crippen molar-refractivity contribution in [3.63, 3.8) is 0 Å². The molecule has 1 fully saturated rings. The van der Waals surface area contributed by atoms with E-state index < -0.39 is 29.9 Å². The second-order valence-electron chi connectivity index (χ2n) is 6.33. The van der Waals surface area contributed by atoms with E-state index in [9.17, 15) is 24.3 Å². The average molecular weight is 362 g/mol. The van der Waals surface area contributed by atoms with Gasteiger partial charge in [0.25, 0.3) is 0 Å². The number of benzene rings is 1. The van der Waals surface area contributed by atoms with E-state index in [4.69, 9.17) is 4.74 Å². The highest BCUT2D eigenvalue weighted by Crippen LogP contribution is 2.22. The number of carbonyl (C=O) groups excluding carboxylic acids is 3. The van der Waals surface area contributed by atoms with Crippen LogP contribution in [0.1, 0.15) is 25.3 Å². The van der Waals surface area contributed by atoms with Crippen molar-refractivity contribution in [3.05, 3.63) is 29.8 Å². The Bertz CT molecular complexity index is 692. The van der Waals surface area contributed by atoms with Crippen molar-refractivity contribution in [2.45, 2.75) is 38.3 Å². The van der Waals surface area contributed by atoms with Gasteiger partial charge in [-0.2, -0.15) is 0 Å². The zero-order chi connectivity index (χ0) is 19.3. The molecule has 0 saturated heterocycles. The number of carboxylic acids is 1. The number of nitrogens with one attached hydrogen (secondary N) is 2. The van der Waals surface area contributed by atoms with Gasteiger partial charge in [-0.3, -0.25) is 14.4 Å². The number of ketones is 1. The standard InChI is InChI=1S/C18H22N2O6/c1-10(19-17(23)12-8-13(21)9-12)16(22)20-15(18(24)25)7-11-3-5-14(26-2)6-4-11/h3-6,10,12,15H,7-9H2,1-2H3,(H,19,23)(H,20,22)(H,24,25). The van der Waals surface area contributed by atoms with Crippen LogP contribution in [0.3, 0.4) is 0 Å². The van der Waals surface area contributed by atoms with Crippen LogP contribution in [-0.4, -0.2) is 47.9 Å². The van der Waals surface area contributed by atoms with Crippen LogP contribution >= 0.6 is 0 Å². The Morgan fingerprint density at radius 3 is 2.31 bits per heavy atom. The number of carboxylic acid groups (broad SMARTS) is 1. The van der Waals surface area contributed by atoms with Crippen molar-refractivity contribution >= 4 is 23.6 Å². The Labute approximate surface area is 150 Å². The summed E-state index contributed by atoms with van der Waals surface area (Å²) in [5.41, 5.74) is 0.725. The first-order valence-corrected chi connectivity index (χ1v) is 8.28. The number of carbonyl (C=O) groups is 4. The van der Waals surface area contributed by atoms with Crippen molar-refractivity contribution in [2.24, 2.45) is 5.92 Å². The first kappa shape index (κ1) is 19.4. The van der Waals surface area contributed by atoms with Crippen LogP contribution in [0.25, 0.3) is 0 Å². The van der Waals surface area contributed by atoms with Crippen molar-refractivity contribution in [3.8, 4) is 5.75 Å². The smallest absolute Gasteiger partial charge is 0.326 e. The van der Waals surface area contributed by atoms with Gasteiger partial charge in [-0.25, -0.2) is 4.79 Å². The van der Waals surface area contributed by atoms with E-state index in [2.05, 4.69) is 10.6 Å². The highest BCUT2D eigenvalue weighted by Gasteiger charge is 2.34. The van der Waals surface area contributed by atoms with Crippen LogP contribution in [0.5, 0.6) is 5.75 Å². The topological polar surface area (TPSA) is 122 Å². The van der Waals surface area contributed by atoms with E-state index in [0.29, 0.717) is 5.75 Å². The van der Waals surface area contributed by atoms with Crippen LogP contribution in [0, 0.1) is 5.92 Å². The first-order chi connectivity index (χ1) is 12.3. The molecule has 0 aliphatic heterocycles. The summed E-state index contributed by atoms with van der Waals surface area (Å²) in [6.07, 6.45) is 0.480. The summed E-state index contributed by atoms with van der Waals surface area (Å²) < 4.78 is 5.05. The lowest BCUT2D eigenvalue weighted by Gasteiger charge is -2.25. The molecule has 1 saturated carbocycles. The summed E-state index contributed by atoms with van der Waals surface area (Å²) in [7, 11) is 1.53. The van der Waals surface area contributed by atoms with Crippen molar-refractivity contribution < 1.29 is 29.0 Å². The fourth-order valence-corrected chi connectivity index (χ4v) is 2.57. The van der Waals surface area contributed by atoms with E-state index in [1.165, 1.54) is 14.0 Å². The Morgan fingerprint density at radius 1 is 1.19 bits per heavy atom. The third-order valence-corrected chi connectivity index (χ3v) is 4.28. The predicted octanol–water partition coefficient (Wildman–Crippen LogP) is 0.291. The van der Waals surface area contributed by atoms with Gasteiger partial charge >= 0.3 is 5.97 Å². The second-order valence-corrected chi connectivity index (χ2v) is 6.33. The Balaban J connectivity index is 1.90. The largest absolute Gasteiger partial charge is 0.497 e. The second kappa shape index (κ2) is 8.46.